The van der Waals surface area contributed by atoms with Gasteiger partial charge < -0.3 is 20.1 Å². The number of amides is 1. The number of carbonyl (C=O) groups excluding carboxylic acids is 1. The van der Waals surface area contributed by atoms with E-state index in [9.17, 15) is 14.7 Å². The first-order chi connectivity index (χ1) is 10.0. The summed E-state index contributed by atoms with van der Waals surface area (Å²) in [6.45, 7) is 2.51. The van der Waals surface area contributed by atoms with Gasteiger partial charge >= 0.3 is 5.69 Å². The highest BCUT2D eigenvalue weighted by atomic mass is 32.2. The third kappa shape index (κ3) is 3.45. The van der Waals surface area contributed by atoms with Crippen LogP contribution in [-0.2, 0) is 4.74 Å². The van der Waals surface area contributed by atoms with E-state index < -0.39 is 11.2 Å². The molecule has 0 bridgehead atoms. The highest BCUT2D eigenvalue weighted by Crippen LogP contribution is 2.23. The van der Waals surface area contributed by atoms with Gasteiger partial charge in [-0.3, -0.25) is 4.79 Å². The molecule has 0 radical (unpaired) electrons. The number of aromatic nitrogens is 2. The summed E-state index contributed by atoms with van der Waals surface area (Å²) in [5.41, 5.74) is -0.331. The van der Waals surface area contributed by atoms with Gasteiger partial charge in [0.1, 0.15) is 5.03 Å². The Morgan fingerprint density at radius 2 is 2.19 bits per heavy atom. The first kappa shape index (κ1) is 16.0. The van der Waals surface area contributed by atoms with Crippen LogP contribution in [0.15, 0.2) is 9.82 Å². The highest BCUT2D eigenvalue weighted by molar-refractivity contribution is 7.98. The van der Waals surface area contributed by atoms with Gasteiger partial charge in [0.05, 0.1) is 17.7 Å². The molecule has 2 heterocycles. The molecule has 0 aliphatic carbocycles. The van der Waals surface area contributed by atoms with Gasteiger partial charge in [-0.25, -0.2) is 4.79 Å². The Morgan fingerprint density at radius 3 is 2.76 bits per heavy atom. The summed E-state index contributed by atoms with van der Waals surface area (Å²) in [5, 5.41) is 12.9. The molecule has 1 fully saturated rings. The summed E-state index contributed by atoms with van der Waals surface area (Å²) >= 11 is 1.24. The average molecular weight is 313 g/mol. The highest BCUT2D eigenvalue weighted by Gasteiger charge is 2.34. The van der Waals surface area contributed by atoms with Gasteiger partial charge in [-0.2, -0.15) is 4.98 Å². The predicted octanol–water partition coefficient (Wildman–Crippen LogP) is 0.0715. The maximum atomic E-state index is 12.6. The Kier molecular flexibility index (Phi) is 5.02. The Morgan fingerprint density at radius 1 is 1.52 bits per heavy atom. The largest absolute Gasteiger partial charge is 0.394 e. The maximum absolute atomic E-state index is 12.6. The second kappa shape index (κ2) is 6.59. The summed E-state index contributed by atoms with van der Waals surface area (Å²) in [7, 11) is 0. The molecular formula is C13H19N3O4S. The molecule has 2 rings (SSSR count). The van der Waals surface area contributed by atoms with Crippen LogP contribution in [0.5, 0.6) is 0 Å². The van der Waals surface area contributed by atoms with Crippen LogP contribution >= 0.6 is 11.8 Å². The molecule has 0 atom stereocenters. The van der Waals surface area contributed by atoms with Crippen LogP contribution in [-0.4, -0.2) is 52.6 Å². The van der Waals surface area contributed by atoms with E-state index in [1.165, 1.54) is 11.8 Å². The van der Waals surface area contributed by atoms with Gasteiger partial charge in [0.25, 0.3) is 5.91 Å². The first-order valence-electron chi connectivity index (χ1n) is 6.67. The van der Waals surface area contributed by atoms with Crippen molar-refractivity contribution in [3.05, 3.63) is 21.7 Å². The molecule has 0 spiro atoms. The van der Waals surface area contributed by atoms with Crippen LogP contribution in [0.3, 0.4) is 0 Å². The quantitative estimate of drug-likeness (QED) is 0.537. The number of hydrogen-bond donors (Lipinski definition) is 3. The van der Waals surface area contributed by atoms with Crippen LogP contribution in [0.1, 0.15) is 28.9 Å². The number of ether oxygens (including phenoxy) is 1. The van der Waals surface area contributed by atoms with E-state index in [0.29, 0.717) is 42.3 Å². The maximum Gasteiger partial charge on any atom is 0.346 e. The minimum atomic E-state index is -0.673. The van der Waals surface area contributed by atoms with Crippen LogP contribution in [0.25, 0.3) is 0 Å². The van der Waals surface area contributed by atoms with Crippen LogP contribution < -0.4 is 11.0 Å². The normalized spacial score (nSPS) is 17.5. The number of nitrogens with one attached hydrogen (secondary N) is 2. The number of hydrogen-bond acceptors (Lipinski definition) is 6. The van der Waals surface area contributed by atoms with Crippen molar-refractivity contribution in [2.45, 2.75) is 30.3 Å². The standard InChI is InChI=1S/C13H19N3O4S/c1-8-9(11(21-2)15-12(19)14-8)10(18)16-13(7-17)3-5-20-6-4-13/h17H,3-7H2,1-2H3,(H,16,18)(H,14,15,19). The number of aliphatic hydroxyl groups excluding tert-OH is 1. The SMILES string of the molecule is CSc1nc(=O)[nH]c(C)c1C(=O)NC1(CO)CCOCC1. The number of nitrogens with zero attached hydrogens (tertiary/aromatic N) is 1. The molecule has 0 saturated carbocycles. The fraction of sp³-hybridized carbons (Fsp3) is 0.615. The van der Waals surface area contributed by atoms with Gasteiger partial charge in [0.2, 0.25) is 0 Å². The van der Waals surface area contributed by atoms with E-state index in [1.807, 2.05) is 0 Å². The topological polar surface area (TPSA) is 104 Å². The number of rotatable bonds is 4. The molecule has 21 heavy (non-hydrogen) atoms. The predicted molar refractivity (Wildman–Crippen MR) is 78.7 cm³/mol. The van der Waals surface area contributed by atoms with Crippen molar-refractivity contribution in [3.63, 3.8) is 0 Å². The minimum Gasteiger partial charge on any atom is -0.394 e. The summed E-state index contributed by atoms with van der Waals surface area (Å²) in [5.74, 6) is -0.337. The van der Waals surface area contributed by atoms with E-state index >= 15 is 0 Å². The summed E-state index contributed by atoms with van der Waals surface area (Å²) in [6.07, 6.45) is 2.87. The Labute approximate surface area is 126 Å². The van der Waals surface area contributed by atoms with E-state index in [0.717, 1.165) is 0 Å². The fourth-order valence-corrected chi connectivity index (χ4v) is 2.99. The Bertz CT molecular complexity index is 581. The molecule has 8 heteroatoms. The van der Waals surface area contributed by atoms with Crippen LogP contribution in [0.4, 0.5) is 0 Å². The van der Waals surface area contributed by atoms with Crippen LogP contribution in [0, 0.1) is 6.92 Å². The average Bonchev–Trinajstić information content (AvgIpc) is 2.47. The zero-order valence-corrected chi connectivity index (χ0v) is 12.9. The van der Waals surface area contributed by atoms with Gasteiger partial charge in [-0.1, -0.05) is 0 Å². The van der Waals surface area contributed by atoms with E-state index in [1.54, 1.807) is 13.2 Å². The number of aliphatic hydroxyl groups is 1. The lowest BCUT2D eigenvalue weighted by molar-refractivity contribution is 0.0124. The Hall–Kier alpha value is -1.38. The van der Waals surface area contributed by atoms with E-state index in [4.69, 9.17) is 4.74 Å². The molecule has 0 aromatic carbocycles. The Balaban J connectivity index is 2.30. The van der Waals surface area contributed by atoms with Crippen molar-refractivity contribution < 1.29 is 14.6 Å². The molecule has 1 aromatic heterocycles. The number of aryl methyl sites for hydroxylation is 1. The molecule has 7 nitrogen and oxygen atoms in total. The number of aromatic amines is 1. The molecule has 116 valence electrons. The lowest BCUT2D eigenvalue weighted by atomic mass is 9.90. The summed E-state index contributed by atoms with van der Waals surface area (Å²) < 4.78 is 5.27. The molecule has 1 amide bonds. The molecule has 1 aliphatic rings. The van der Waals surface area contributed by atoms with Gasteiger partial charge in [-0.05, 0) is 26.0 Å². The minimum absolute atomic E-state index is 0.146. The van der Waals surface area contributed by atoms with Crippen molar-refractivity contribution >= 4 is 17.7 Å². The van der Waals surface area contributed by atoms with Gasteiger partial charge in [-0.15, -0.1) is 11.8 Å². The molecular weight excluding hydrogens is 294 g/mol. The zero-order chi connectivity index (χ0) is 15.5. The van der Waals surface area contributed by atoms with Crippen molar-refractivity contribution in [1.82, 2.24) is 15.3 Å². The smallest absolute Gasteiger partial charge is 0.346 e. The van der Waals surface area contributed by atoms with Crippen molar-refractivity contribution in [2.75, 3.05) is 26.1 Å². The summed E-state index contributed by atoms with van der Waals surface area (Å²) in [4.78, 5) is 30.3. The third-order valence-corrected chi connectivity index (χ3v) is 4.32. The monoisotopic (exact) mass is 313 g/mol. The number of thioether (sulfide) groups is 1. The third-order valence-electron chi connectivity index (χ3n) is 3.64. The first-order valence-corrected chi connectivity index (χ1v) is 7.90. The zero-order valence-electron chi connectivity index (χ0n) is 12.1. The van der Waals surface area contributed by atoms with Crippen molar-refractivity contribution in [1.29, 1.82) is 0 Å². The lowest BCUT2D eigenvalue weighted by Crippen LogP contribution is -2.54. The molecule has 0 unspecified atom stereocenters. The molecule has 1 aliphatic heterocycles. The lowest BCUT2D eigenvalue weighted by Gasteiger charge is -2.36. The van der Waals surface area contributed by atoms with Crippen LogP contribution in [0.2, 0.25) is 0 Å². The molecule has 1 aromatic rings. The van der Waals surface area contributed by atoms with Crippen molar-refractivity contribution in [3.8, 4) is 0 Å². The summed E-state index contributed by atoms with van der Waals surface area (Å²) in [6, 6.07) is 0. The fourth-order valence-electron chi connectivity index (χ4n) is 2.36. The van der Waals surface area contributed by atoms with E-state index in [-0.39, 0.29) is 12.5 Å². The second-order valence-corrected chi connectivity index (χ2v) is 5.85. The van der Waals surface area contributed by atoms with Gasteiger partial charge in [0, 0.05) is 18.9 Å². The van der Waals surface area contributed by atoms with Crippen molar-refractivity contribution in [2.24, 2.45) is 0 Å². The van der Waals surface area contributed by atoms with Gasteiger partial charge in [0.15, 0.2) is 0 Å². The number of carbonyl (C=O) groups is 1. The van der Waals surface area contributed by atoms with E-state index in [2.05, 4.69) is 15.3 Å². The number of H-pyrrole nitrogens is 1. The second-order valence-electron chi connectivity index (χ2n) is 5.06. The molecule has 3 N–H and O–H groups in total. The molecule has 1 saturated heterocycles.